The van der Waals surface area contributed by atoms with Crippen LogP contribution in [0.5, 0.6) is 0 Å². The van der Waals surface area contributed by atoms with Crippen molar-refractivity contribution in [2.24, 2.45) is 0 Å². The van der Waals surface area contributed by atoms with E-state index in [1.165, 1.54) is 4.90 Å². The molecule has 0 atom stereocenters. The van der Waals surface area contributed by atoms with Crippen LogP contribution in [0.15, 0.2) is 18.2 Å². The third-order valence-corrected chi connectivity index (χ3v) is 2.93. The summed E-state index contributed by atoms with van der Waals surface area (Å²) in [4.78, 5) is 24.9. The van der Waals surface area contributed by atoms with Crippen molar-refractivity contribution in [3.05, 3.63) is 23.9 Å². The normalized spacial score (nSPS) is 10.5. The monoisotopic (exact) mass is 275 g/mol. The minimum Gasteiger partial charge on any atom is -0.399 e. The van der Waals surface area contributed by atoms with Gasteiger partial charge < -0.3 is 16.0 Å². The molecule has 106 valence electrons. The Morgan fingerprint density at radius 2 is 2.15 bits per heavy atom. The summed E-state index contributed by atoms with van der Waals surface area (Å²) in [5.74, 6) is -0.366. The summed E-state index contributed by atoms with van der Waals surface area (Å²) in [6, 6.07) is 5.20. The number of benzene rings is 1. The van der Waals surface area contributed by atoms with Gasteiger partial charge in [0.05, 0.1) is 5.52 Å². The van der Waals surface area contributed by atoms with E-state index in [1.54, 1.807) is 32.3 Å². The molecule has 4 N–H and O–H groups in total. The number of aromatic amines is 1. The molecule has 0 radical (unpaired) electrons. The lowest BCUT2D eigenvalue weighted by molar-refractivity contribution is -0.128. The van der Waals surface area contributed by atoms with E-state index in [1.807, 2.05) is 0 Å². The maximum absolute atomic E-state index is 12.0. The Morgan fingerprint density at radius 1 is 1.40 bits per heavy atom. The van der Waals surface area contributed by atoms with Crippen LogP contribution in [0, 0.1) is 0 Å². The van der Waals surface area contributed by atoms with Gasteiger partial charge in [0.1, 0.15) is 0 Å². The Morgan fingerprint density at radius 3 is 2.85 bits per heavy atom. The summed E-state index contributed by atoms with van der Waals surface area (Å²) in [5.41, 5.74) is 7.29. The SMILES string of the molecule is CN(C)C(=O)CCNC(=O)c1n[nH]c2ccc(N)cc12. The van der Waals surface area contributed by atoms with Crippen molar-refractivity contribution in [1.29, 1.82) is 0 Å². The first-order chi connectivity index (χ1) is 9.49. The molecule has 2 amide bonds. The van der Waals surface area contributed by atoms with Crippen LogP contribution in [0.3, 0.4) is 0 Å². The topological polar surface area (TPSA) is 104 Å². The highest BCUT2D eigenvalue weighted by molar-refractivity contribution is 6.05. The van der Waals surface area contributed by atoms with Crippen LogP contribution in [0.25, 0.3) is 10.9 Å². The Labute approximate surface area is 116 Å². The Balaban J connectivity index is 2.04. The van der Waals surface area contributed by atoms with Crippen molar-refractivity contribution in [1.82, 2.24) is 20.4 Å². The van der Waals surface area contributed by atoms with Crippen LogP contribution < -0.4 is 11.1 Å². The molecule has 0 fully saturated rings. The number of H-pyrrole nitrogens is 1. The first kappa shape index (κ1) is 13.9. The lowest BCUT2D eigenvalue weighted by atomic mass is 10.2. The summed E-state index contributed by atoms with van der Waals surface area (Å²) < 4.78 is 0. The molecule has 1 aromatic carbocycles. The van der Waals surface area contributed by atoms with E-state index < -0.39 is 0 Å². The quantitative estimate of drug-likeness (QED) is 0.700. The summed E-state index contributed by atoms with van der Waals surface area (Å²) in [5, 5.41) is 10.1. The van der Waals surface area contributed by atoms with Gasteiger partial charge >= 0.3 is 0 Å². The first-order valence-electron chi connectivity index (χ1n) is 6.21. The number of amides is 2. The van der Waals surface area contributed by atoms with Crippen molar-refractivity contribution >= 4 is 28.4 Å². The smallest absolute Gasteiger partial charge is 0.272 e. The Bertz CT molecular complexity index is 647. The fraction of sp³-hybridized carbons (Fsp3) is 0.308. The van der Waals surface area contributed by atoms with Crippen molar-refractivity contribution in [2.45, 2.75) is 6.42 Å². The number of nitrogens with one attached hydrogen (secondary N) is 2. The number of carbonyl (C=O) groups excluding carboxylic acids is 2. The number of hydrogen-bond donors (Lipinski definition) is 3. The molecule has 7 heteroatoms. The summed E-state index contributed by atoms with van der Waals surface area (Å²) in [6.07, 6.45) is 0.253. The number of rotatable bonds is 4. The van der Waals surface area contributed by atoms with Gasteiger partial charge in [0, 0.05) is 38.1 Å². The van der Waals surface area contributed by atoms with Crippen LogP contribution >= 0.6 is 0 Å². The molecule has 0 saturated carbocycles. The number of nitrogens with two attached hydrogens (primary N) is 1. The molecule has 1 heterocycles. The van der Waals surface area contributed by atoms with Gasteiger partial charge in [-0.25, -0.2) is 0 Å². The van der Waals surface area contributed by atoms with Crippen LogP contribution in [0.4, 0.5) is 5.69 Å². The van der Waals surface area contributed by atoms with Gasteiger partial charge in [0.15, 0.2) is 5.69 Å². The lowest BCUT2D eigenvalue weighted by Crippen LogP contribution is -2.30. The number of aromatic nitrogens is 2. The molecule has 0 aliphatic rings. The predicted octanol–water partition coefficient (Wildman–Crippen LogP) is 0.353. The molecule has 2 rings (SSSR count). The molecule has 0 aliphatic carbocycles. The zero-order valence-electron chi connectivity index (χ0n) is 11.4. The second-order valence-electron chi connectivity index (χ2n) is 4.67. The molecule has 0 unspecified atom stereocenters. The van der Waals surface area contributed by atoms with Gasteiger partial charge in [-0.05, 0) is 18.2 Å². The molecular weight excluding hydrogens is 258 g/mol. The highest BCUT2D eigenvalue weighted by Gasteiger charge is 2.14. The van der Waals surface area contributed by atoms with Gasteiger partial charge in [0.2, 0.25) is 5.91 Å². The average Bonchev–Trinajstić information content (AvgIpc) is 2.81. The van der Waals surface area contributed by atoms with Crippen molar-refractivity contribution < 1.29 is 9.59 Å². The number of anilines is 1. The zero-order chi connectivity index (χ0) is 14.7. The zero-order valence-corrected chi connectivity index (χ0v) is 11.4. The van der Waals surface area contributed by atoms with Crippen molar-refractivity contribution in [3.63, 3.8) is 0 Å². The predicted molar refractivity (Wildman–Crippen MR) is 76.2 cm³/mol. The second-order valence-corrected chi connectivity index (χ2v) is 4.67. The van der Waals surface area contributed by atoms with E-state index in [4.69, 9.17) is 5.73 Å². The molecule has 0 spiro atoms. The molecular formula is C13H17N5O2. The largest absolute Gasteiger partial charge is 0.399 e. The van der Waals surface area contributed by atoms with Gasteiger partial charge in [-0.3, -0.25) is 14.7 Å². The lowest BCUT2D eigenvalue weighted by Gasteiger charge is -2.10. The van der Waals surface area contributed by atoms with E-state index in [0.29, 0.717) is 11.1 Å². The molecule has 0 aliphatic heterocycles. The molecule has 7 nitrogen and oxygen atoms in total. The van der Waals surface area contributed by atoms with Crippen LogP contribution in [0.1, 0.15) is 16.9 Å². The maximum atomic E-state index is 12.0. The standard InChI is InChI=1S/C13H17N5O2/c1-18(2)11(19)5-6-15-13(20)12-9-7-8(14)3-4-10(9)16-17-12/h3-4,7H,5-6,14H2,1-2H3,(H,15,20)(H,16,17). The number of hydrogen-bond acceptors (Lipinski definition) is 4. The number of fused-ring (bicyclic) bond motifs is 1. The van der Waals surface area contributed by atoms with Crippen molar-refractivity contribution in [2.75, 3.05) is 26.4 Å². The number of nitrogen functional groups attached to an aromatic ring is 1. The van der Waals surface area contributed by atoms with E-state index in [9.17, 15) is 9.59 Å². The highest BCUT2D eigenvalue weighted by Crippen LogP contribution is 2.18. The Kier molecular flexibility index (Phi) is 3.88. The fourth-order valence-electron chi connectivity index (χ4n) is 1.80. The van der Waals surface area contributed by atoms with Gasteiger partial charge in [-0.2, -0.15) is 5.10 Å². The summed E-state index contributed by atoms with van der Waals surface area (Å²) in [6.45, 7) is 0.270. The van der Waals surface area contributed by atoms with Crippen LogP contribution in [0.2, 0.25) is 0 Å². The Hall–Kier alpha value is -2.57. The van der Waals surface area contributed by atoms with Crippen LogP contribution in [-0.2, 0) is 4.79 Å². The average molecular weight is 275 g/mol. The first-order valence-corrected chi connectivity index (χ1v) is 6.21. The molecule has 2 aromatic rings. The molecule has 0 bridgehead atoms. The molecule has 1 aromatic heterocycles. The van der Waals surface area contributed by atoms with Crippen molar-refractivity contribution in [3.8, 4) is 0 Å². The van der Waals surface area contributed by atoms with E-state index >= 15 is 0 Å². The maximum Gasteiger partial charge on any atom is 0.272 e. The third kappa shape index (κ3) is 2.87. The van der Waals surface area contributed by atoms with E-state index in [0.717, 1.165) is 5.52 Å². The number of carbonyl (C=O) groups is 2. The fourth-order valence-corrected chi connectivity index (χ4v) is 1.80. The minimum atomic E-state index is -0.326. The second kappa shape index (κ2) is 5.60. The van der Waals surface area contributed by atoms with E-state index in [2.05, 4.69) is 15.5 Å². The minimum absolute atomic E-state index is 0.0403. The molecule has 20 heavy (non-hydrogen) atoms. The number of nitrogens with zero attached hydrogens (tertiary/aromatic N) is 2. The molecule has 0 saturated heterocycles. The van der Waals surface area contributed by atoms with Gasteiger partial charge in [-0.1, -0.05) is 0 Å². The van der Waals surface area contributed by atoms with Gasteiger partial charge in [0.25, 0.3) is 5.91 Å². The third-order valence-electron chi connectivity index (χ3n) is 2.93. The summed E-state index contributed by atoms with van der Waals surface area (Å²) in [7, 11) is 3.35. The van der Waals surface area contributed by atoms with E-state index in [-0.39, 0.29) is 30.5 Å². The summed E-state index contributed by atoms with van der Waals surface area (Å²) >= 11 is 0. The highest BCUT2D eigenvalue weighted by atomic mass is 16.2. The van der Waals surface area contributed by atoms with Crippen LogP contribution in [-0.4, -0.2) is 47.6 Å². The van der Waals surface area contributed by atoms with Gasteiger partial charge in [-0.15, -0.1) is 0 Å².